The second kappa shape index (κ2) is 9.59. The zero-order valence-corrected chi connectivity index (χ0v) is 17.6. The molecule has 1 unspecified atom stereocenters. The van der Waals surface area contributed by atoms with Crippen LogP contribution in [0.15, 0.2) is 54.1 Å². The summed E-state index contributed by atoms with van der Waals surface area (Å²) in [5, 5.41) is 11.0. The highest BCUT2D eigenvalue weighted by Crippen LogP contribution is 2.39. The van der Waals surface area contributed by atoms with Crippen LogP contribution >= 0.6 is 0 Å². The van der Waals surface area contributed by atoms with E-state index in [-0.39, 0.29) is 11.3 Å². The van der Waals surface area contributed by atoms with E-state index in [2.05, 4.69) is 0 Å². The number of carbonyl (C=O) groups is 2. The van der Waals surface area contributed by atoms with Gasteiger partial charge in [0.2, 0.25) is 0 Å². The maximum absolute atomic E-state index is 12.9. The van der Waals surface area contributed by atoms with E-state index in [1.165, 1.54) is 4.90 Å². The van der Waals surface area contributed by atoms with Crippen LogP contribution in [-0.2, 0) is 14.3 Å². The molecule has 30 heavy (non-hydrogen) atoms. The Morgan fingerprint density at radius 1 is 1.07 bits per heavy atom. The molecule has 1 heterocycles. The van der Waals surface area contributed by atoms with E-state index in [9.17, 15) is 14.7 Å². The molecule has 3 rings (SSSR count). The Kier molecular flexibility index (Phi) is 6.90. The van der Waals surface area contributed by atoms with Crippen molar-refractivity contribution in [3.05, 3.63) is 70.8 Å². The molecule has 1 aliphatic heterocycles. The first-order valence-electron chi connectivity index (χ1n) is 10.0. The standard InChI is InChI=1S/C24H27NO5/c1-4-30-19-12-10-18(11-13-19)22(26)20-21(17-8-6-16(2)7-9-17)25(14-5-15-29-3)24(28)23(20)27/h6-13,21,26H,4-5,14-15H2,1-3H3/b22-20+. The Hall–Kier alpha value is -3.12. The summed E-state index contributed by atoms with van der Waals surface area (Å²) in [6.45, 7) is 5.23. The number of benzene rings is 2. The van der Waals surface area contributed by atoms with Crippen molar-refractivity contribution in [1.29, 1.82) is 0 Å². The van der Waals surface area contributed by atoms with Gasteiger partial charge in [0, 0.05) is 25.8 Å². The van der Waals surface area contributed by atoms with Crippen molar-refractivity contribution < 1.29 is 24.2 Å². The Morgan fingerprint density at radius 3 is 2.33 bits per heavy atom. The lowest BCUT2D eigenvalue weighted by atomic mass is 9.94. The molecule has 158 valence electrons. The van der Waals surface area contributed by atoms with Gasteiger partial charge in [-0.05, 0) is 50.1 Å². The van der Waals surface area contributed by atoms with Gasteiger partial charge in [0.25, 0.3) is 11.7 Å². The summed E-state index contributed by atoms with van der Waals surface area (Å²) in [4.78, 5) is 27.2. The van der Waals surface area contributed by atoms with Gasteiger partial charge in [-0.15, -0.1) is 0 Å². The van der Waals surface area contributed by atoms with Crippen LogP contribution < -0.4 is 4.74 Å². The number of aryl methyl sites for hydroxylation is 1. The van der Waals surface area contributed by atoms with Gasteiger partial charge in [-0.3, -0.25) is 9.59 Å². The van der Waals surface area contributed by atoms with Crippen LogP contribution in [-0.4, -0.2) is 48.6 Å². The van der Waals surface area contributed by atoms with Gasteiger partial charge in [0.05, 0.1) is 18.2 Å². The molecule has 0 bridgehead atoms. The zero-order valence-electron chi connectivity index (χ0n) is 17.6. The van der Waals surface area contributed by atoms with E-state index in [0.29, 0.717) is 37.5 Å². The van der Waals surface area contributed by atoms with Crippen molar-refractivity contribution in [3.63, 3.8) is 0 Å². The zero-order chi connectivity index (χ0) is 21.7. The van der Waals surface area contributed by atoms with Crippen LogP contribution in [0.25, 0.3) is 5.76 Å². The number of likely N-dealkylation sites (tertiary alicyclic amines) is 1. The molecule has 1 fully saturated rings. The summed E-state index contributed by atoms with van der Waals surface area (Å²) in [7, 11) is 1.59. The Labute approximate surface area is 176 Å². The maximum atomic E-state index is 12.9. The normalized spacial score (nSPS) is 18.1. The Morgan fingerprint density at radius 2 is 1.73 bits per heavy atom. The molecule has 6 nitrogen and oxygen atoms in total. The second-order valence-corrected chi connectivity index (χ2v) is 7.21. The van der Waals surface area contributed by atoms with Crippen molar-refractivity contribution in [1.82, 2.24) is 4.90 Å². The molecule has 1 saturated heterocycles. The number of nitrogens with zero attached hydrogens (tertiary/aromatic N) is 1. The van der Waals surface area contributed by atoms with E-state index < -0.39 is 17.7 Å². The van der Waals surface area contributed by atoms with Gasteiger partial charge in [-0.25, -0.2) is 0 Å². The predicted octanol–water partition coefficient (Wildman–Crippen LogP) is 3.85. The molecule has 1 N–H and O–H groups in total. The van der Waals surface area contributed by atoms with E-state index in [1.54, 1.807) is 31.4 Å². The first kappa shape index (κ1) is 21.6. The quantitative estimate of drug-likeness (QED) is 0.310. The summed E-state index contributed by atoms with van der Waals surface area (Å²) in [5.74, 6) is -0.797. The highest BCUT2D eigenvalue weighted by molar-refractivity contribution is 6.46. The van der Waals surface area contributed by atoms with Gasteiger partial charge < -0.3 is 19.5 Å². The molecule has 6 heteroatoms. The molecule has 2 aromatic carbocycles. The number of hydrogen-bond acceptors (Lipinski definition) is 5. The number of rotatable bonds is 8. The van der Waals surface area contributed by atoms with E-state index in [0.717, 1.165) is 11.1 Å². The average molecular weight is 409 g/mol. The topological polar surface area (TPSA) is 76.1 Å². The largest absolute Gasteiger partial charge is 0.507 e. The number of Topliss-reactive ketones (excluding diaryl/α,β-unsaturated/α-hetero) is 1. The second-order valence-electron chi connectivity index (χ2n) is 7.21. The van der Waals surface area contributed by atoms with Crippen LogP contribution in [0, 0.1) is 6.92 Å². The predicted molar refractivity (Wildman–Crippen MR) is 114 cm³/mol. The minimum atomic E-state index is -0.677. The third-order valence-electron chi connectivity index (χ3n) is 5.12. The SMILES string of the molecule is CCOc1ccc(/C(O)=C2\C(=O)C(=O)N(CCCOC)C2c2ccc(C)cc2)cc1. The van der Waals surface area contributed by atoms with E-state index >= 15 is 0 Å². The number of aliphatic hydroxyl groups excluding tert-OH is 1. The molecule has 0 spiro atoms. The fourth-order valence-corrected chi connectivity index (χ4v) is 3.62. The van der Waals surface area contributed by atoms with Gasteiger partial charge >= 0.3 is 0 Å². The number of carbonyl (C=O) groups excluding carboxylic acids is 2. The molecule has 1 aliphatic rings. The molecule has 0 radical (unpaired) electrons. The lowest BCUT2D eigenvalue weighted by molar-refractivity contribution is -0.140. The van der Waals surface area contributed by atoms with Crippen molar-refractivity contribution in [2.75, 3.05) is 26.9 Å². The number of ether oxygens (including phenoxy) is 2. The Bertz CT molecular complexity index is 931. The summed E-state index contributed by atoms with van der Waals surface area (Å²) >= 11 is 0. The van der Waals surface area contributed by atoms with Crippen molar-refractivity contribution in [2.24, 2.45) is 0 Å². The molecule has 0 aromatic heterocycles. The van der Waals surface area contributed by atoms with Crippen molar-refractivity contribution in [2.45, 2.75) is 26.3 Å². The van der Waals surface area contributed by atoms with Crippen LogP contribution in [0.4, 0.5) is 0 Å². The third-order valence-corrected chi connectivity index (χ3v) is 5.12. The molecule has 1 amide bonds. The molecular formula is C24H27NO5. The molecular weight excluding hydrogens is 382 g/mol. The summed E-state index contributed by atoms with van der Waals surface area (Å²) < 4.78 is 10.5. The fraction of sp³-hybridized carbons (Fsp3) is 0.333. The number of hydrogen-bond donors (Lipinski definition) is 1. The summed E-state index contributed by atoms with van der Waals surface area (Å²) in [6.07, 6.45) is 0.592. The fourth-order valence-electron chi connectivity index (χ4n) is 3.62. The lowest BCUT2D eigenvalue weighted by Crippen LogP contribution is -2.31. The molecule has 1 atom stereocenters. The Balaban J connectivity index is 2.06. The van der Waals surface area contributed by atoms with Crippen molar-refractivity contribution >= 4 is 17.4 Å². The van der Waals surface area contributed by atoms with E-state index in [1.807, 2.05) is 38.1 Å². The van der Waals surface area contributed by atoms with Gasteiger partial charge in [0.1, 0.15) is 11.5 Å². The van der Waals surface area contributed by atoms with E-state index in [4.69, 9.17) is 9.47 Å². The summed E-state index contributed by atoms with van der Waals surface area (Å²) in [6, 6.07) is 13.8. The third kappa shape index (κ3) is 4.39. The molecule has 0 saturated carbocycles. The van der Waals surface area contributed by atoms with Gasteiger partial charge in [-0.1, -0.05) is 29.8 Å². The number of amides is 1. The number of aliphatic hydroxyl groups is 1. The smallest absolute Gasteiger partial charge is 0.295 e. The van der Waals surface area contributed by atoms with Gasteiger partial charge in [-0.2, -0.15) is 0 Å². The van der Waals surface area contributed by atoms with Crippen LogP contribution in [0.5, 0.6) is 5.75 Å². The molecule has 2 aromatic rings. The first-order chi connectivity index (χ1) is 14.5. The van der Waals surface area contributed by atoms with Crippen LogP contribution in [0.3, 0.4) is 0 Å². The minimum absolute atomic E-state index is 0.102. The van der Waals surface area contributed by atoms with Crippen LogP contribution in [0.1, 0.15) is 36.1 Å². The van der Waals surface area contributed by atoms with Crippen LogP contribution in [0.2, 0.25) is 0 Å². The average Bonchev–Trinajstić information content (AvgIpc) is 3.00. The maximum Gasteiger partial charge on any atom is 0.295 e. The summed E-state index contributed by atoms with van der Waals surface area (Å²) in [5.41, 5.74) is 2.42. The highest BCUT2D eigenvalue weighted by atomic mass is 16.5. The lowest BCUT2D eigenvalue weighted by Gasteiger charge is -2.25. The first-order valence-corrected chi connectivity index (χ1v) is 10.0. The monoisotopic (exact) mass is 409 g/mol. The number of methoxy groups -OCH3 is 1. The number of ketones is 1. The molecule has 0 aliphatic carbocycles. The van der Waals surface area contributed by atoms with Crippen molar-refractivity contribution in [3.8, 4) is 5.75 Å². The minimum Gasteiger partial charge on any atom is -0.507 e. The highest BCUT2D eigenvalue weighted by Gasteiger charge is 2.45. The van der Waals surface area contributed by atoms with Gasteiger partial charge in [0.15, 0.2) is 0 Å².